The van der Waals surface area contributed by atoms with Crippen molar-refractivity contribution in [1.29, 1.82) is 0 Å². The minimum absolute atomic E-state index is 0.00300. The van der Waals surface area contributed by atoms with Crippen LogP contribution in [0.3, 0.4) is 0 Å². The number of aliphatic hydroxyl groups is 1. The van der Waals surface area contributed by atoms with Gasteiger partial charge in [-0.1, -0.05) is 35.9 Å². The minimum Gasteiger partial charge on any atom is -0.394 e. The van der Waals surface area contributed by atoms with E-state index in [4.69, 9.17) is 24.1 Å². The lowest BCUT2D eigenvalue weighted by atomic mass is 9.85. The summed E-state index contributed by atoms with van der Waals surface area (Å²) in [4.78, 5) is 39.4. The molecular formula is C33H50N8O8. The molecule has 0 spiro atoms. The van der Waals surface area contributed by atoms with Crippen LogP contribution in [0.2, 0.25) is 0 Å². The van der Waals surface area contributed by atoms with Crippen molar-refractivity contribution in [2.24, 2.45) is 29.6 Å². The van der Waals surface area contributed by atoms with Crippen molar-refractivity contribution in [3.63, 3.8) is 0 Å². The molecule has 0 aromatic carbocycles. The molecule has 49 heavy (non-hydrogen) atoms. The maximum absolute atomic E-state index is 12.8. The van der Waals surface area contributed by atoms with Crippen LogP contribution in [0, 0.1) is 29.6 Å². The molecule has 1 saturated heterocycles. The summed E-state index contributed by atoms with van der Waals surface area (Å²) in [6.07, 6.45) is 11.4. The number of rotatable bonds is 25. The fourth-order valence-electron chi connectivity index (χ4n) is 6.72. The van der Waals surface area contributed by atoms with E-state index in [9.17, 15) is 14.4 Å². The first kappa shape index (κ1) is 36.7. The number of likely N-dealkylation sites (tertiary alicyclic amines) is 1. The number of nitrogens with one attached hydrogen (secondary N) is 1. The Hall–Kier alpha value is -3.57. The third kappa shape index (κ3) is 10.7. The van der Waals surface area contributed by atoms with Crippen molar-refractivity contribution in [3.05, 3.63) is 35.9 Å². The van der Waals surface area contributed by atoms with Crippen LogP contribution >= 0.6 is 0 Å². The number of allylic oxidation sites excluding steroid dienone is 2. The Balaban J connectivity index is 0.860. The summed E-state index contributed by atoms with van der Waals surface area (Å²) in [7, 11) is 0. The van der Waals surface area contributed by atoms with Gasteiger partial charge in [0.05, 0.1) is 96.8 Å². The van der Waals surface area contributed by atoms with E-state index in [1.54, 1.807) is 9.36 Å². The molecule has 3 aliphatic rings. The van der Waals surface area contributed by atoms with E-state index >= 15 is 0 Å². The van der Waals surface area contributed by atoms with Crippen LogP contribution in [0.4, 0.5) is 0 Å². The van der Waals surface area contributed by atoms with Gasteiger partial charge >= 0.3 is 0 Å². The summed E-state index contributed by atoms with van der Waals surface area (Å²) >= 11 is 0. The smallest absolute Gasteiger partial charge is 0.233 e. The predicted molar refractivity (Wildman–Crippen MR) is 173 cm³/mol. The van der Waals surface area contributed by atoms with Gasteiger partial charge in [-0.2, -0.15) is 0 Å². The van der Waals surface area contributed by atoms with E-state index in [2.05, 4.69) is 45.0 Å². The lowest BCUT2D eigenvalue weighted by Gasteiger charge is -2.16. The standard InChI is InChI=1S/C33H50N8O8/c1-24(22-49-23-28-21-39(37-36-28)9-11-46-13-15-48-16-14-47-12-10-42)19-40-20-27(35-38-40)18-34-29(43)5-3-2-4-8-41-32(44)30-25-6-7-26(17-25)31(30)33(41)45/h6-7,20-21,24-26,30-31,42H,2-5,8-19,22-23H2,1H3,(H,34,43)/t24-,25-,26+,30+,31-/m1/s1. The second kappa shape index (κ2) is 19.0. The van der Waals surface area contributed by atoms with Gasteiger partial charge in [-0.05, 0) is 37.0 Å². The molecular weight excluding hydrogens is 636 g/mol. The number of aliphatic hydroxyl groups excluding tert-OH is 1. The van der Waals surface area contributed by atoms with Gasteiger partial charge in [0, 0.05) is 19.5 Å². The molecule has 1 aliphatic heterocycles. The average molecular weight is 687 g/mol. The highest BCUT2D eigenvalue weighted by Gasteiger charge is 2.58. The maximum Gasteiger partial charge on any atom is 0.233 e. The van der Waals surface area contributed by atoms with Crippen LogP contribution in [-0.4, -0.2) is 117 Å². The number of amides is 3. The highest BCUT2D eigenvalue weighted by atomic mass is 16.5. The Morgan fingerprint density at radius 3 is 2.24 bits per heavy atom. The van der Waals surface area contributed by atoms with Crippen LogP contribution in [0.15, 0.2) is 24.5 Å². The summed E-state index contributed by atoms with van der Waals surface area (Å²) in [5.41, 5.74) is 1.42. The molecule has 16 nitrogen and oxygen atoms in total. The van der Waals surface area contributed by atoms with Crippen LogP contribution in [0.1, 0.15) is 50.4 Å². The van der Waals surface area contributed by atoms with E-state index < -0.39 is 0 Å². The Morgan fingerprint density at radius 1 is 0.857 bits per heavy atom. The number of aromatic nitrogens is 6. The number of carbonyl (C=O) groups is 3. The van der Waals surface area contributed by atoms with Crippen LogP contribution in [0.25, 0.3) is 0 Å². The fraction of sp³-hybridized carbons (Fsp3) is 0.727. The van der Waals surface area contributed by atoms with Gasteiger partial charge in [-0.15, -0.1) is 10.2 Å². The zero-order chi connectivity index (χ0) is 34.4. The van der Waals surface area contributed by atoms with E-state index in [1.165, 1.54) is 4.90 Å². The minimum atomic E-state index is -0.145. The van der Waals surface area contributed by atoms with Crippen LogP contribution < -0.4 is 5.32 Å². The van der Waals surface area contributed by atoms with Crippen molar-refractivity contribution in [2.75, 3.05) is 59.4 Å². The molecule has 3 amide bonds. The third-order valence-corrected chi connectivity index (χ3v) is 9.08. The Bertz CT molecular complexity index is 1350. The maximum atomic E-state index is 12.8. The number of hydrogen-bond acceptors (Lipinski definition) is 12. The van der Waals surface area contributed by atoms with E-state index in [0.717, 1.165) is 18.5 Å². The predicted octanol–water partition coefficient (Wildman–Crippen LogP) is 0.748. The van der Waals surface area contributed by atoms with E-state index in [-0.39, 0.29) is 53.9 Å². The van der Waals surface area contributed by atoms with Gasteiger partial charge in [-0.25, -0.2) is 4.68 Å². The van der Waals surface area contributed by atoms with Gasteiger partial charge in [0.1, 0.15) is 11.4 Å². The summed E-state index contributed by atoms with van der Waals surface area (Å²) in [5, 5.41) is 28.1. The lowest BCUT2D eigenvalue weighted by Crippen LogP contribution is -2.33. The molecule has 2 aromatic rings. The molecule has 2 N–H and O–H groups in total. The number of unbranched alkanes of at least 4 members (excludes halogenated alkanes) is 2. The zero-order valence-electron chi connectivity index (χ0n) is 28.4. The molecule has 0 unspecified atom stereocenters. The third-order valence-electron chi connectivity index (χ3n) is 9.08. The van der Waals surface area contributed by atoms with Gasteiger partial charge in [-0.3, -0.25) is 24.0 Å². The monoisotopic (exact) mass is 686 g/mol. The highest BCUT2D eigenvalue weighted by Crippen LogP contribution is 2.52. The molecule has 2 bridgehead atoms. The van der Waals surface area contributed by atoms with E-state index in [1.807, 2.05) is 12.4 Å². The number of carbonyl (C=O) groups excluding carboxylic acids is 3. The molecule has 1 saturated carbocycles. The largest absolute Gasteiger partial charge is 0.394 e. The molecule has 0 radical (unpaired) electrons. The number of hydrogen-bond donors (Lipinski definition) is 2. The molecule has 5 atom stereocenters. The van der Waals surface area contributed by atoms with Gasteiger partial charge in [0.2, 0.25) is 17.7 Å². The van der Waals surface area contributed by atoms with Crippen molar-refractivity contribution in [1.82, 2.24) is 40.2 Å². The quantitative estimate of drug-likeness (QED) is 0.0850. The molecule has 270 valence electrons. The second-order valence-corrected chi connectivity index (χ2v) is 13.0. The van der Waals surface area contributed by atoms with Crippen molar-refractivity contribution in [3.8, 4) is 0 Å². The van der Waals surface area contributed by atoms with Crippen LogP contribution in [-0.2, 0) is 59.6 Å². The first-order valence-corrected chi connectivity index (χ1v) is 17.4. The van der Waals surface area contributed by atoms with Gasteiger partial charge < -0.3 is 29.4 Å². The van der Waals surface area contributed by atoms with Crippen molar-refractivity contribution < 1.29 is 38.4 Å². The first-order valence-electron chi connectivity index (χ1n) is 17.4. The lowest BCUT2D eigenvalue weighted by molar-refractivity contribution is -0.140. The van der Waals surface area contributed by atoms with Gasteiger partial charge in [0.25, 0.3) is 0 Å². The molecule has 2 aromatic heterocycles. The second-order valence-electron chi connectivity index (χ2n) is 13.0. The van der Waals surface area contributed by atoms with Crippen molar-refractivity contribution >= 4 is 17.7 Å². The number of imide groups is 1. The summed E-state index contributed by atoms with van der Waals surface area (Å²) in [5.74, 6) is 0.284. The molecule has 2 aliphatic carbocycles. The number of fused-ring (bicyclic) bond motifs is 5. The molecule has 16 heteroatoms. The highest BCUT2D eigenvalue weighted by molar-refractivity contribution is 6.06. The summed E-state index contributed by atoms with van der Waals surface area (Å²) < 4.78 is 25.3. The summed E-state index contributed by atoms with van der Waals surface area (Å²) in [6, 6.07) is 0. The number of ether oxygens (including phenoxy) is 4. The Kier molecular flexibility index (Phi) is 14.2. The fourth-order valence-corrected chi connectivity index (χ4v) is 6.72. The Labute approximate surface area is 286 Å². The molecule has 5 rings (SSSR count). The van der Waals surface area contributed by atoms with Crippen LogP contribution in [0.5, 0.6) is 0 Å². The Morgan fingerprint density at radius 2 is 1.51 bits per heavy atom. The average Bonchev–Trinajstić information content (AvgIpc) is 3.93. The van der Waals surface area contributed by atoms with E-state index in [0.29, 0.717) is 104 Å². The zero-order valence-corrected chi connectivity index (χ0v) is 28.4. The van der Waals surface area contributed by atoms with Gasteiger partial charge in [0.15, 0.2) is 0 Å². The molecule has 2 fully saturated rings. The normalized spacial score (nSPS) is 21.6. The topological polar surface area (TPSA) is 185 Å². The van der Waals surface area contributed by atoms with Crippen molar-refractivity contribution in [2.45, 2.75) is 65.3 Å². The first-order chi connectivity index (χ1) is 23.9. The summed E-state index contributed by atoms with van der Waals surface area (Å²) in [6.45, 7) is 7.52. The number of nitrogens with zero attached hydrogens (tertiary/aromatic N) is 7. The SMILES string of the molecule is C[C@@H](COCc1cn(CCOCCOCCOCCO)nn1)Cn1cc(CNC(=O)CCCCCN2C(=O)[C@@H]3[C@H](C2=O)[C@H]2C=C[C@@H]3C2)nn1. The molecule has 3 heterocycles.